The maximum Gasteiger partial charge on any atom is 0.123 e. The molecule has 21 heavy (non-hydrogen) atoms. The molecule has 2 heteroatoms. The van der Waals surface area contributed by atoms with Gasteiger partial charge in [0.15, 0.2) is 0 Å². The summed E-state index contributed by atoms with van der Waals surface area (Å²) >= 11 is 0. The molecule has 3 atom stereocenters. The van der Waals surface area contributed by atoms with E-state index >= 15 is 0 Å². The molecule has 3 unspecified atom stereocenters. The zero-order valence-electron chi connectivity index (χ0n) is 12.3. The molecule has 4 rings (SSSR count). The summed E-state index contributed by atoms with van der Waals surface area (Å²) in [6.45, 7) is 1.17. The van der Waals surface area contributed by atoms with Gasteiger partial charge in [-0.3, -0.25) is 0 Å². The van der Waals surface area contributed by atoms with Gasteiger partial charge in [-0.25, -0.2) is 4.39 Å². The largest absolute Gasteiger partial charge is 0.303 e. The lowest BCUT2D eigenvalue weighted by Crippen LogP contribution is -2.34. The molecule has 1 nitrogen and oxygen atoms in total. The van der Waals surface area contributed by atoms with E-state index in [4.69, 9.17) is 0 Å². The van der Waals surface area contributed by atoms with Crippen molar-refractivity contribution in [3.63, 3.8) is 0 Å². The minimum Gasteiger partial charge on any atom is -0.303 e. The van der Waals surface area contributed by atoms with Crippen LogP contribution in [0, 0.1) is 5.82 Å². The van der Waals surface area contributed by atoms with Crippen LogP contribution in [0.4, 0.5) is 4.39 Å². The molecule has 2 aromatic carbocycles. The Bertz CT molecular complexity index is 666. The first kappa shape index (κ1) is 13.0. The molecule has 2 aliphatic rings. The number of hydrogen-bond donors (Lipinski definition) is 0. The highest BCUT2D eigenvalue weighted by Crippen LogP contribution is 2.47. The Labute approximate surface area is 125 Å². The lowest BCUT2D eigenvalue weighted by molar-refractivity contribution is 0.265. The second-order valence-electron chi connectivity index (χ2n) is 6.42. The highest BCUT2D eigenvalue weighted by atomic mass is 19.1. The lowest BCUT2D eigenvalue weighted by Gasteiger charge is -2.37. The molecule has 1 saturated heterocycles. The van der Waals surface area contributed by atoms with Gasteiger partial charge >= 0.3 is 0 Å². The molecule has 0 aromatic heterocycles. The van der Waals surface area contributed by atoms with Crippen LogP contribution in [0.5, 0.6) is 0 Å². The molecule has 0 N–H and O–H groups in total. The number of rotatable bonds is 1. The van der Waals surface area contributed by atoms with Crippen molar-refractivity contribution in [2.24, 2.45) is 0 Å². The second-order valence-corrected chi connectivity index (χ2v) is 6.42. The van der Waals surface area contributed by atoms with Crippen LogP contribution >= 0.6 is 0 Å². The molecule has 1 fully saturated rings. The van der Waals surface area contributed by atoms with Crippen molar-refractivity contribution in [1.29, 1.82) is 0 Å². The summed E-state index contributed by atoms with van der Waals surface area (Å²) in [5.74, 6) is 0.835. The van der Waals surface area contributed by atoms with Gasteiger partial charge in [0.05, 0.1) is 0 Å². The van der Waals surface area contributed by atoms with E-state index in [-0.39, 0.29) is 5.82 Å². The zero-order chi connectivity index (χ0) is 14.4. The number of likely N-dealkylation sites (N-methyl/N-ethyl adjacent to an activating group) is 1. The van der Waals surface area contributed by atoms with Gasteiger partial charge in [-0.15, -0.1) is 0 Å². The van der Waals surface area contributed by atoms with Crippen LogP contribution in [0.15, 0.2) is 48.5 Å². The Morgan fingerprint density at radius 1 is 1.05 bits per heavy atom. The van der Waals surface area contributed by atoms with E-state index in [0.29, 0.717) is 17.9 Å². The second kappa shape index (κ2) is 4.96. The fraction of sp³-hybridized carbons (Fsp3) is 0.368. The molecular formula is C19H20FN. The van der Waals surface area contributed by atoms with Crippen LogP contribution in [0.2, 0.25) is 0 Å². The van der Waals surface area contributed by atoms with Crippen molar-refractivity contribution in [3.8, 4) is 0 Å². The SMILES string of the molecule is CN1CCC2c3ccccc3C(c3cccc(F)c3)CC21. The number of halogens is 1. The predicted molar refractivity (Wildman–Crippen MR) is 83.1 cm³/mol. The Kier molecular flexibility index (Phi) is 3.07. The van der Waals surface area contributed by atoms with Gasteiger partial charge in [0.25, 0.3) is 0 Å². The van der Waals surface area contributed by atoms with Crippen molar-refractivity contribution >= 4 is 0 Å². The van der Waals surface area contributed by atoms with Crippen molar-refractivity contribution in [2.45, 2.75) is 30.7 Å². The molecule has 0 spiro atoms. The number of benzene rings is 2. The third-order valence-electron chi connectivity index (χ3n) is 5.32. The van der Waals surface area contributed by atoms with E-state index in [2.05, 4.69) is 42.3 Å². The van der Waals surface area contributed by atoms with Gasteiger partial charge in [0.2, 0.25) is 0 Å². The molecule has 0 amide bonds. The Balaban J connectivity index is 1.83. The fourth-order valence-corrected chi connectivity index (χ4v) is 4.29. The first-order valence-corrected chi connectivity index (χ1v) is 7.78. The fourth-order valence-electron chi connectivity index (χ4n) is 4.29. The molecule has 1 heterocycles. The normalized spacial score (nSPS) is 28.2. The Morgan fingerprint density at radius 2 is 1.86 bits per heavy atom. The smallest absolute Gasteiger partial charge is 0.123 e. The van der Waals surface area contributed by atoms with E-state index in [0.717, 1.165) is 12.0 Å². The van der Waals surface area contributed by atoms with E-state index < -0.39 is 0 Å². The minimum atomic E-state index is -0.133. The van der Waals surface area contributed by atoms with Crippen LogP contribution in [-0.2, 0) is 0 Å². The van der Waals surface area contributed by atoms with E-state index in [1.54, 1.807) is 6.07 Å². The highest BCUT2D eigenvalue weighted by molar-refractivity contribution is 5.44. The Hall–Kier alpha value is -1.67. The quantitative estimate of drug-likeness (QED) is 0.759. The minimum absolute atomic E-state index is 0.133. The molecule has 0 radical (unpaired) electrons. The van der Waals surface area contributed by atoms with Crippen LogP contribution < -0.4 is 0 Å². The molecule has 1 aliphatic carbocycles. The van der Waals surface area contributed by atoms with Crippen LogP contribution in [0.1, 0.15) is 41.4 Å². The summed E-state index contributed by atoms with van der Waals surface area (Å²) in [7, 11) is 2.22. The van der Waals surface area contributed by atoms with Crippen LogP contribution in [0.3, 0.4) is 0 Å². The lowest BCUT2D eigenvalue weighted by atomic mass is 9.71. The molecule has 1 aliphatic heterocycles. The summed E-state index contributed by atoms with van der Waals surface area (Å²) < 4.78 is 13.6. The van der Waals surface area contributed by atoms with E-state index in [9.17, 15) is 4.39 Å². The van der Waals surface area contributed by atoms with Gasteiger partial charge in [0.1, 0.15) is 5.82 Å². The van der Waals surface area contributed by atoms with Gasteiger partial charge in [-0.05, 0) is 55.3 Å². The highest BCUT2D eigenvalue weighted by Gasteiger charge is 2.40. The standard InChI is InChI=1S/C19H20FN/c1-21-10-9-17-15-7-2-3-8-16(15)18(12-19(17)21)13-5-4-6-14(20)11-13/h2-8,11,17-19H,9-10,12H2,1H3. The first-order chi connectivity index (χ1) is 10.2. The third kappa shape index (κ3) is 2.09. The summed E-state index contributed by atoms with van der Waals surface area (Å²) in [6.07, 6.45) is 2.34. The van der Waals surface area contributed by atoms with Gasteiger partial charge in [-0.1, -0.05) is 36.4 Å². The van der Waals surface area contributed by atoms with Crippen molar-refractivity contribution in [3.05, 3.63) is 71.0 Å². The maximum atomic E-state index is 13.6. The van der Waals surface area contributed by atoms with E-state index in [1.807, 2.05) is 6.07 Å². The monoisotopic (exact) mass is 281 g/mol. The average Bonchev–Trinajstić information content (AvgIpc) is 2.88. The summed E-state index contributed by atoms with van der Waals surface area (Å²) in [5.41, 5.74) is 3.99. The number of nitrogens with zero attached hydrogens (tertiary/aromatic N) is 1. The van der Waals surface area contributed by atoms with Gasteiger partial charge < -0.3 is 4.90 Å². The van der Waals surface area contributed by atoms with Crippen molar-refractivity contribution in [1.82, 2.24) is 4.90 Å². The van der Waals surface area contributed by atoms with Crippen LogP contribution in [-0.4, -0.2) is 24.5 Å². The molecule has 2 aromatic rings. The number of likely N-dealkylation sites (tertiary alicyclic amines) is 1. The predicted octanol–water partition coefficient (Wildman–Crippen LogP) is 4.15. The molecule has 0 saturated carbocycles. The number of fused-ring (bicyclic) bond motifs is 3. The van der Waals surface area contributed by atoms with Gasteiger partial charge in [-0.2, -0.15) is 0 Å². The van der Waals surface area contributed by atoms with Gasteiger partial charge in [0, 0.05) is 17.9 Å². The third-order valence-corrected chi connectivity index (χ3v) is 5.32. The maximum absolute atomic E-state index is 13.6. The zero-order valence-corrected chi connectivity index (χ0v) is 12.3. The Morgan fingerprint density at radius 3 is 2.67 bits per heavy atom. The van der Waals surface area contributed by atoms with Crippen molar-refractivity contribution < 1.29 is 4.39 Å². The molecule has 108 valence electrons. The van der Waals surface area contributed by atoms with Crippen LogP contribution in [0.25, 0.3) is 0 Å². The summed E-state index contributed by atoms with van der Waals surface area (Å²) in [4.78, 5) is 2.48. The summed E-state index contributed by atoms with van der Waals surface area (Å²) in [5, 5.41) is 0. The first-order valence-electron chi connectivity index (χ1n) is 7.78. The number of hydrogen-bond acceptors (Lipinski definition) is 1. The van der Waals surface area contributed by atoms with Crippen molar-refractivity contribution in [2.75, 3.05) is 13.6 Å². The topological polar surface area (TPSA) is 3.24 Å². The molecular weight excluding hydrogens is 261 g/mol. The van der Waals surface area contributed by atoms with E-state index in [1.165, 1.54) is 30.2 Å². The molecule has 0 bridgehead atoms. The average molecular weight is 281 g/mol. The summed E-state index contributed by atoms with van der Waals surface area (Å²) in [6, 6.07) is 16.5.